The highest BCUT2D eigenvalue weighted by Crippen LogP contribution is 2.25. The van der Waals surface area contributed by atoms with Crippen LogP contribution >= 0.6 is 37.9 Å². The molecule has 2 N–H and O–H groups in total. The van der Waals surface area contributed by atoms with E-state index < -0.39 is 9.70 Å². The first kappa shape index (κ1) is 13.9. The van der Waals surface area contributed by atoms with E-state index >= 15 is 0 Å². The predicted octanol–water partition coefficient (Wildman–Crippen LogP) is -0.226. The fraction of sp³-hybridized carbons (Fsp3) is 1.00. The first-order chi connectivity index (χ1) is 5.98. The zero-order chi connectivity index (χ0) is 10.3. The van der Waals surface area contributed by atoms with Gasteiger partial charge in [-0.05, 0) is 0 Å². The second kappa shape index (κ2) is 7.22. The second-order valence-electron chi connectivity index (χ2n) is 2.25. The third kappa shape index (κ3) is 7.92. The van der Waals surface area contributed by atoms with Crippen molar-refractivity contribution in [2.24, 2.45) is 0 Å². The monoisotopic (exact) mass is 246 g/mol. The Morgan fingerprint density at radius 3 is 2.31 bits per heavy atom. The van der Waals surface area contributed by atoms with Crippen molar-refractivity contribution in [3.05, 3.63) is 0 Å². The van der Waals surface area contributed by atoms with Gasteiger partial charge in [-0.15, -0.1) is 37.9 Å². The standard InChI is InChI=1S/C6H14O4S3/c7-1-2-9-3-4-10-5(11)6(8,12)13/h5,7-8,11-13H,1-4H2. The summed E-state index contributed by atoms with van der Waals surface area (Å²) in [6.45, 7) is 0.840. The number of rotatable bonds is 7. The summed E-state index contributed by atoms with van der Waals surface area (Å²) in [5, 5.41) is 17.5. The van der Waals surface area contributed by atoms with Gasteiger partial charge in [0.25, 0.3) is 0 Å². The maximum atomic E-state index is 9.14. The molecule has 4 nitrogen and oxygen atoms in total. The van der Waals surface area contributed by atoms with Crippen molar-refractivity contribution in [2.75, 3.05) is 26.4 Å². The van der Waals surface area contributed by atoms with Crippen molar-refractivity contribution in [3.8, 4) is 0 Å². The summed E-state index contributed by atoms with van der Waals surface area (Å²) in [5.41, 5.74) is -0.795. The van der Waals surface area contributed by atoms with Crippen LogP contribution in [-0.2, 0) is 9.47 Å². The molecule has 0 rings (SSSR count). The van der Waals surface area contributed by atoms with Gasteiger partial charge in [-0.3, -0.25) is 0 Å². The van der Waals surface area contributed by atoms with Crippen molar-refractivity contribution in [1.82, 2.24) is 0 Å². The van der Waals surface area contributed by atoms with Crippen LogP contribution in [0.2, 0.25) is 0 Å². The minimum atomic E-state index is -1.57. The van der Waals surface area contributed by atoms with Gasteiger partial charge in [0.05, 0.1) is 26.4 Å². The molecule has 7 heteroatoms. The fourth-order valence-corrected chi connectivity index (χ4v) is 0.752. The van der Waals surface area contributed by atoms with Crippen LogP contribution in [0.25, 0.3) is 0 Å². The Hall–Kier alpha value is 0.890. The lowest BCUT2D eigenvalue weighted by atomic mass is 10.7. The number of ether oxygens (including phenoxy) is 2. The molecule has 0 amide bonds. The first-order valence-corrected chi connectivity index (χ1v) is 5.05. The molecule has 1 unspecified atom stereocenters. The van der Waals surface area contributed by atoms with Crippen molar-refractivity contribution >= 4 is 37.9 Å². The Kier molecular flexibility index (Phi) is 7.71. The van der Waals surface area contributed by atoms with Gasteiger partial charge in [-0.25, -0.2) is 0 Å². The van der Waals surface area contributed by atoms with Crippen LogP contribution in [0.5, 0.6) is 0 Å². The molecule has 0 aliphatic carbocycles. The van der Waals surface area contributed by atoms with E-state index in [9.17, 15) is 0 Å². The van der Waals surface area contributed by atoms with Gasteiger partial charge in [0, 0.05) is 0 Å². The minimum Gasteiger partial charge on any atom is -0.394 e. The van der Waals surface area contributed by atoms with Crippen LogP contribution in [0.1, 0.15) is 0 Å². The molecule has 1 atom stereocenters. The molecule has 0 saturated heterocycles. The summed E-state index contributed by atoms with van der Waals surface area (Å²) in [7, 11) is 0. The van der Waals surface area contributed by atoms with Crippen molar-refractivity contribution in [2.45, 2.75) is 9.70 Å². The second-order valence-corrected chi connectivity index (χ2v) is 4.43. The summed E-state index contributed by atoms with van der Waals surface area (Å²) in [6.07, 6.45) is 0. The minimum absolute atomic E-state index is 0.0205. The lowest BCUT2D eigenvalue weighted by molar-refractivity contribution is -0.00222. The summed E-state index contributed by atoms with van der Waals surface area (Å²) >= 11 is 11.4. The molecule has 0 spiro atoms. The maximum Gasteiger partial charge on any atom is 0.187 e. The number of hydrogen-bond acceptors (Lipinski definition) is 7. The van der Waals surface area contributed by atoms with Crippen LogP contribution in [0.15, 0.2) is 0 Å². The zero-order valence-electron chi connectivity index (χ0n) is 6.96. The summed E-state index contributed by atoms with van der Waals surface area (Å²) in [6, 6.07) is 0. The van der Waals surface area contributed by atoms with Gasteiger partial charge in [-0.2, -0.15) is 0 Å². The molecule has 0 aromatic carbocycles. The Bertz CT molecular complexity index is 128. The molecule has 0 fully saturated rings. The molecule has 0 bridgehead atoms. The normalized spacial score (nSPS) is 14.5. The van der Waals surface area contributed by atoms with E-state index in [0.29, 0.717) is 6.61 Å². The van der Waals surface area contributed by atoms with E-state index in [1.54, 1.807) is 0 Å². The van der Waals surface area contributed by atoms with E-state index in [1.165, 1.54) is 0 Å². The smallest absolute Gasteiger partial charge is 0.187 e. The van der Waals surface area contributed by atoms with Gasteiger partial charge in [0.15, 0.2) is 4.27 Å². The van der Waals surface area contributed by atoms with Gasteiger partial charge < -0.3 is 19.7 Å². The van der Waals surface area contributed by atoms with Gasteiger partial charge in [-0.1, -0.05) is 0 Å². The van der Waals surface area contributed by atoms with Crippen LogP contribution in [0.3, 0.4) is 0 Å². The van der Waals surface area contributed by atoms with Gasteiger partial charge in [0.2, 0.25) is 0 Å². The van der Waals surface area contributed by atoms with E-state index in [0.717, 1.165) is 0 Å². The number of aliphatic hydroxyl groups excluding tert-OH is 1. The van der Waals surface area contributed by atoms with E-state index in [4.69, 9.17) is 19.7 Å². The van der Waals surface area contributed by atoms with E-state index in [1.807, 2.05) is 0 Å². The molecule has 0 aliphatic rings. The molecule has 80 valence electrons. The zero-order valence-corrected chi connectivity index (χ0v) is 9.64. The highest BCUT2D eigenvalue weighted by Gasteiger charge is 2.26. The number of hydrogen-bond donors (Lipinski definition) is 5. The van der Waals surface area contributed by atoms with Crippen LogP contribution in [0, 0.1) is 0 Å². The molecule has 13 heavy (non-hydrogen) atoms. The number of thiol groups is 3. The molecule has 0 aromatic heterocycles. The van der Waals surface area contributed by atoms with Crippen molar-refractivity contribution in [3.63, 3.8) is 0 Å². The summed E-state index contributed by atoms with van der Waals surface area (Å²) in [4.78, 5) is 0. The Morgan fingerprint density at radius 1 is 1.23 bits per heavy atom. The SMILES string of the molecule is OCCOCCOC(S)C(O)(S)S. The first-order valence-electron chi connectivity index (χ1n) is 3.64. The molecular formula is C6H14O4S3. The van der Waals surface area contributed by atoms with Crippen LogP contribution < -0.4 is 0 Å². The Labute approximate surface area is 93.8 Å². The van der Waals surface area contributed by atoms with E-state index in [-0.39, 0.29) is 19.8 Å². The highest BCUT2D eigenvalue weighted by atomic mass is 32.2. The molecule has 0 saturated carbocycles. The fourth-order valence-electron chi connectivity index (χ4n) is 0.497. The Balaban J connectivity index is 3.32. The molecule has 0 radical (unpaired) electrons. The summed E-state index contributed by atoms with van der Waals surface area (Å²) < 4.78 is 8.34. The quantitative estimate of drug-likeness (QED) is 0.245. The third-order valence-electron chi connectivity index (χ3n) is 1.07. The lowest BCUT2D eigenvalue weighted by Gasteiger charge is -2.22. The van der Waals surface area contributed by atoms with Crippen molar-refractivity contribution < 1.29 is 19.7 Å². The molecular weight excluding hydrogens is 232 g/mol. The lowest BCUT2D eigenvalue weighted by Crippen LogP contribution is -2.30. The molecule has 0 heterocycles. The van der Waals surface area contributed by atoms with Crippen molar-refractivity contribution in [1.29, 1.82) is 0 Å². The predicted molar refractivity (Wildman–Crippen MR) is 59.6 cm³/mol. The molecule has 0 aliphatic heterocycles. The summed E-state index contributed by atoms with van der Waals surface area (Å²) in [5.74, 6) is 0. The third-order valence-corrected chi connectivity index (χ3v) is 2.47. The van der Waals surface area contributed by atoms with Crippen LogP contribution in [0.4, 0.5) is 0 Å². The Morgan fingerprint density at radius 2 is 1.85 bits per heavy atom. The molecule has 0 aromatic rings. The average Bonchev–Trinajstić information content (AvgIpc) is 2.02. The highest BCUT2D eigenvalue weighted by molar-refractivity contribution is 8.01. The van der Waals surface area contributed by atoms with Gasteiger partial charge >= 0.3 is 0 Å². The number of aliphatic hydroxyl groups is 2. The van der Waals surface area contributed by atoms with E-state index in [2.05, 4.69) is 37.9 Å². The van der Waals surface area contributed by atoms with Crippen LogP contribution in [-0.4, -0.2) is 46.3 Å². The van der Waals surface area contributed by atoms with Gasteiger partial charge in [0.1, 0.15) is 5.44 Å². The maximum absolute atomic E-state index is 9.14. The largest absolute Gasteiger partial charge is 0.394 e. The topological polar surface area (TPSA) is 58.9 Å². The average molecular weight is 246 g/mol.